The zero-order valence-electron chi connectivity index (χ0n) is 16.4. The van der Waals surface area contributed by atoms with Gasteiger partial charge in [-0.3, -0.25) is 14.9 Å². The molecule has 31 heavy (non-hydrogen) atoms. The molecule has 0 spiro atoms. The van der Waals surface area contributed by atoms with Gasteiger partial charge in [0.25, 0.3) is 11.2 Å². The predicted octanol–water partition coefficient (Wildman–Crippen LogP) is 4.58. The van der Waals surface area contributed by atoms with Crippen molar-refractivity contribution in [3.05, 3.63) is 72.9 Å². The van der Waals surface area contributed by atoms with Crippen LogP contribution in [0.5, 0.6) is 0 Å². The summed E-state index contributed by atoms with van der Waals surface area (Å²) in [6.07, 6.45) is -0.874. The smallest absolute Gasteiger partial charge is 0.341 e. The topological polar surface area (TPSA) is 127 Å². The number of aromatic nitrogens is 2. The summed E-state index contributed by atoms with van der Waals surface area (Å²) in [6.45, 7) is 1.58. The Morgan fingerprint density at radius 1 is 1.32 bits per heavy atom. The van der Waals surface area contributed by atoms with Crippen molar-refractivity contribution in [2.75, 3.05) is 12.4 Å². The third-order valence-corrected chi connectivity index (χ3v) is 6.40. The SMILES string of the molecule is CNc1ccc([N+](=O)[O-])cc1C(=O)OC(C)c1nc2scc(-c3cccs3)c2c(=O)[nH]1. The lowest BCUT2D eigenvalue weighted by Crippen LogP contribution is -2.17. The van der Waals surface area contributed by atoms with Crippen LogP contribution in [0.4, 0.5) is 11.4 Å². The molecule has 3 heterocycles. The number of carbonyl (C=O) groups excluding carboxylic acids is 1. The van der Waals surface area contributed by atoms with Gasteiger partial charge in [0.05, 0.1) is 15.9 Å². The number of fused-ring (bicyclic) bond motifs is 1. The van der Waals surface area contributed by atoms with Crippen LogP contribution in [0, 0.1) is 10.1 Å². The number of H-pyrrole nitrogens is 1. The standard InChI is InChI=1S/C20H16N4O5S2/c1-10(29-20(26)12-8-11(24(27)28)5-6-14(12)21-2)17-22-18(25)16-13(9-31-19(16)23-17)15-4-3-7-30-15/h3-10,21H,1-2H3,(H,22,23,25). The molecule has 1 unspecified atom stereocenters. The van der Waals surface area contributed by atoms with Crippen molar-refractivity contribution < 1.29 is 14.5 Å². The molecule has 0 amide bonds. The monoisotopic (exact) mass is 456 g/mol. The summed E-state index contributed by atoms with van der Waals surface area (Å²) in [5, 5.41) is 18.2. The molecule has 0 saturated heterocycles. The maximum Gasteiger partial charge on any atom is 0.341 e. The minimum Gasteiger partial charge on any atom is -0.451 e. The number of non-ortho nitro benzene ring substituents is 1. The first-order valence-electron chi connectivity index (χ1n) is 9.11. The first-order valence-corrected chi connectivity index (χ1v) is 10.9. The summed E-state index contributed by atoms with van der Waals surface area (Å²) in [7, 11) is 1.59. The number of aromatic amines is 1. The van der Waals surface area contributed by atoms with E-state index in [4.69, 9.17) is 4.74 Å². The number of nitro groups is 1. The van der Waals surface area contributed by atoms with E-state index >= 15 is 0 Å². The van der Waals surface area contributed by atoms with Crippen LogP contribution in [0.1, 0.15) is 29.2 Å². The van der Waals surface area contributed by atoms with Gasteiger partial charge in [-0.05, 0) is 24.4 Å². The zero-order valence-corrected chi connectivity index (χ0v) is 18.0. The molecule has 0 saturated carbocycles. The van der Waals surface area contributed by atoms with Gasteiger partial charge in [-0.25, -0.2) is 9.78 Å². The number of thiophene rings is 2. The number of rotatable bonds is 6. The van der Waals surface area contributed by atoms with Crippen LogP contribution in [0.25, 0.3) is 20.7 Å². The summed E-state index contributed by atoms with van der Waals surface area (Å²) in [4.78, 5) is 44.6. The highest BCUT2D eigenvalue weighted by Gasteiger charge is 2.22. The molecule has 0 bridgehead atoms. The van der Waals surface area contributed by atoms with Crippen LogP contribution in [-0.2, 0) is 4.74 Å². The summed E-state index contributed by atoms with van der Waals surface area (Å²) >= 11 is 2.86. The minimum absolute atomic E-state index is 0.0167. The fourth-order valence-corrected chi connectivity index (χ4v) is 4.85. The fourth-order valence-electron chi connectivity index (χ4n) is 3.08. The predicted molar refractivity (Wildman–Crippen MR) is 120 cm³/mol. The normalized spacial score (nSPS) is 11.9. The van der Waals surface area contributed by atoms with Crippen LogP contribution >= 0.6 is 22.7 Å². The lowest BCUT2D eigenvalue weighted by molar-refractivity contribution is -0.384. The summed E-state index contributed by atoms with van der Waals surface area (Å²) in [5.74, 6) is -0.574. The van der Waals surface area contributed by atoms with E-state index in [0.717, 1.165) is 16.5 Å². The van der Waals surface area contributed by atoms with E-state index in [2.05, 4.69) is 15.3 Å². The van der Waals surface area contributed by atoms with Crippen LogP contribution in [-0.4, -0.2) is 27.9 Å². The summed E-state index contributed by atoms with van der Waals surface area (Å²) < 4.78 is 5.46. The Balaban J connectivity index is 1.64. The number of nitro benzene ring substituents is 1. The molecule has 2 N–H and O–H groups in total. The number of nitrogens with one attached hydrogen (secondary N) is 2. The quantitative estimate of drug-likeness (QED) is 0.247. The van der Waals surface area contributed by atoms with Crippen LogP contribution in [0.2, 0.25) is 0 Å². The van der Waals surface area contributed by atoms with Gasteiger partial charge >= 0.3 is 5.97 Å². The molecule has 0 aliphatic rings. The van der Waals surface area contributed by atoms with E-state index in [-0.39, 0.29) is 22.6 Å². The molecule has 0 aliphatic carbocycles. The maximum atomic E-state index is 12.7. The van der Waals surface area contributed by atoms with E-state index < -0.39 is 17.0 Å². The first kappa shape index (κ1) is 20.7. The second-order valence-electron chi connectivity index (χ2n) is 6.54. The molecular weight excluding hydrogens is 440 g/mol. The van der Waals surface area contributed by atoms with Crippen molar-refractivity contribution in [1.29, 1.82) is 0 Å². The molecule has 0 fully saturated rings. The number of carbonyl (C=O) groups is 1. The van der Waals surface area contributed by atoms with Crippen molar-refractivity contribution in [3.63, 3.8) is 0 Å². The molecule has 11 heteroatoms. The minimum atomic E-state index is -0.874. The fraction of sp³-hybridized carbons (Fsp3) is 0.150. The summed E-state index contributed by atoms with van der Waals surface area (Å²) in [5.41, 5.74) is 0.668. The zero-order chi connectivity index (χ0) is 22.1. The Hall–Kier alpha value is -3.57. The number of ether oxygens (including phenoxy) is 1. The van der Waals surface area contributed by atoms with Crippen molar-refractivity contribution >= 4 is 50.2 Å². The maximum absolute atomic E-state index is 12.7. The average molecular weight is 457 g/mol. The van der Waals surface area contributed by atoms with Gasteiger partial charge in [0.15, 0.2) is 11.9 Å². The molecule has 1 aromatic carbocycles. The van der Waals surface area contributed by atoms with Gasteiger partial charge in [0.2, 0.25) is 0 Å². The van der Waals surface area contributed by atoms with Crippen LogP contribution < -0.4 is 10.9 Å². The summed E-state index contributed by atoms with van der Waals surface area (Å²) in [6, 6.07) is 7.72. The highest BCUT2D eigenvalue weighted by molar-refractivity contribution is 7.18. The Bertz CT molecular complexity index is 1340. The molecular formula is C20H16N4O5S2. The highest BCUT2D eigenvalue weighted by atomic mass is 32.1. The lowest BCUT2D eigenvalue weighted by atomic mass is 10.1. The van der Waals surface area contributed by atoms with Gasteiger partial charge in [0.1, 0.15) is 4.83 Å². The number of esters is 1. The van der Waals surface area contributed by atoms with E-state index in [1.807, 2.05) is 22.9 Å². The highest BCUT2D eigenvalue weighted by Crippen LogP contribution is 2.34. The Kier molecular flexibility index (Phi) is 5.53. The van der Waals surface area contributed by atoms with E-state index in [1.54, 1.807) is 14.0 Å². The van der Waals surface area contributed by atoms with Gasteiger partial charge < -0.3 is 15.0 Å². The third kappa shape index (κ3) is 3.92. The number of hydrogen-bond acceptors (Lipinski definition) is 9. The van der Waals surface area contributed by atoms with Crippen molar-refractivity contribution in [2.24, 2.45) is 0 Å². The number of nitrogens with zero attached hydrogens (tertiary/aromatic N) is 2. The molecule has 158 valence electrons. The number of hydrogen-bond donors (Lipinski definition) is 2. The third-order valence-electron chi connectivity index (χ3n) is 4.62. The van der Waals surface area contributed by atoms with Gasteiger partial charge in [-0.2, -0.15) is 0 Å². The van der Waals surface area contributed by atoms with Crippen molar-refractivity contribution in [3.8, 4) is 10.4 Å². The van der Waals surface area contributed by atoms with E-state index in [9.17, 15) is 19.7 Å². The molecule has 4 rings (SSSR count). The Labute approximate surface area is 183 Å². The number of benzene rings is 1. The lowest BCUT2D eigenvalue weighted by Gasteiger charge is -2.14. The second kappa shape index (κ2) is 8.28. The Morgan fingerprint density at radius 2 is 2.13 bits per heavy atom. The number of anilines is 1. The van der Waals surface area contributed by atoms with Gasteiger partial charge in [-0.1, -0.05) is 6.07 Å². The molecule has 0 aliphatic heterocycles. The molecule has 0 radical (unpaired) electrons. The Morgan fingerprint density at radius 3 is 2.81 bits per heavy atom. The molecule has 4 aromatic rings. The van der Waals surface area contributed by atoms with Gasteiger partial charge in [0, 0.05) is 40.7 Å². The molecule has 1 atom stereocenters. The largest absolute Gasteiger partial charge is 0.451 e. The van der Waals surface area contributed by atoms with Crippen molar-refractivity contribution in [2.45, 2.75) is 13.0 Å². The second-order valence-corrected chi connectivity index (χ2v) is 8.35. The van der Waals surface area contributed by atoms with E-state index in [1.165, 1.54) is 34.8 Å². The molecule has 9 nitrogen and oxygen atoms in total. The van der Waals surface area contributed by atoms with Gasteiger partial charge in [-0.15, -0.1) is 22.7 Å². The van der Waals surface area contributed by atoms with E-state index in [0.29, 0.717) is 15.9 Å². The average Bonchev–Trinajstić information content (AvgIpc) is 3.42. The first-order chi connectivity index (χ1) is 14.9. The molecule has 3 aromatic heterocycles. The van der Waals surface area contributed by atoms with Crippen LogP contribution in [0.3, 0.4) is 0 Å². The van der Waals surface area contributed by atoms with Crippen LogP contribution in [0.15, 0.2) is 45.9 Å². The van der Waals surface area contributed by atoms with Crippen molar-refractivity contribution in [1.82, 2.24) is 9.97 Å².